The maximum absolute atomic E-state index is 12.8. The minimum Gasteiger partial charge on any atom is -1.00 e. The molecular formula is C16H29Cl2NO6. The van der Waals surface area contributed by atoms with Gasteiger partial charge in [0, 0.05) is 24.8 Å². The normalized spacial score (nSPS) is 15.4. The van der Waals surface area contributed by atoms with Crippen molar-refractivity contribution in [3.63, 3.8) is 0 Å². The highest BCUT2D eigenvalue weighted by Crippen LogP contribution is 2.32. The SMILES string of the molecule is CCC[C@@H](C(=O)c1ccc2c(c1)OCO2)[NH+]1CCCC1.O.O.[Cl-].[Cl-].[OH3+]. The molecule has 2 aliphatic heterocycles. The summed E-state index contributed by atoms with van der Waals surface area (Å²) >= 11 is 0. The van der Waals surface area contributed by atoms with E-state index in [1.54, 1.807) is 0 Å². The molecule has 1 aromatic rings. The zero-order chi connectivity index (χ0) is 13.9. The number of quaternary nitrogens is 1. The molecule has 0 saturated carbocycles. The first kappa shape index (κ1) is 28.7. The summed E-state index contributed by atoms with van der Waals surface area (Å²) in [6.45, 7) is 4.65. The van der Waals surface area contributed by atoms with Crippen LogP contribution in [0.15, 0.2) is 18.2 Å². The van der Waals surface area contributed by atoms with E-state index in [1.807, 2.05) is 18.2 Å². The summed E-state index contributed by atoms with van der Waals surface area (Å²) in [4.78, 5) is 14.3. The van der Waals surface area contributed by atoms with Crippen molar-refractivity contribution < 1.29 is 60.4 Å². The number of Topliss-reactive ketones (excluding diaryl/α,β-unsaturated/α-hetero) is 1. The zero-order valence-corrected chi connectivity index (χ0v) is 15.8. The molecular weight excluding hydrogens is 373 g/mol. The molecule has 25 heavy (non-hydrogen) atoms. The molecule has 0 aliphatic carbocycles. The van der Waals surface area contributed by atoms with Gasteiger partial charge in [0.1, 0.15) is 0 Å². The number of rotatable bonds is 5. The Morgan fingerprint density at radius 1 is 1.12 bits per heavy atom. The Kier molecular flexibility index (Phi) is 15.1. The number of hydrogen-bond acceptors (Lipinski definition) is 3. The number of likely N-dealkylation sites (tertiary alicyclic amines) is 1. The summed E-state index contributed by atoms with van der Waals surface area (Å²) in [5, 5.41) is 0. The van der Waals surface area contributed by atoms with Crippen LogP contribution >= 0.6 is 0 Å². The third kappa shape index (κ3) is 6.29. The van der Waals surface area contributed by atoms with Gasteiger partial charge in [-0.25, -0.2) is 0 Å². The molecule has 0 bridgehead atoms. The molecule has 9 heteroatoms. The number of ketones is 1. The van der Waals surface area contributed by atoms with Crippen molar-refractivity contribution in [2.45, 2.75) is 38.6 Å². The second kappa shape index (κ2) is 13.2. The van der Waals surface area contributed by atoms with Gasteiger partial charge in [0.05, 0.1) is 13.1 Å². The van der Waals surface area contributed by atoms with Gasteiger partial charge in [-0.3, -0.25) is 4.79 Å². The number of benzene rings is 1. The highest BCUT2D eigenvalue weighted by Gasteiger charge is 2.32. The number of carbonyl (C=O) groups excluding carboxylic acids is 1. The molecule has 0 amide bonds. The number of halogens is 2. The first-order chi connectivity index (χ1) is 9.79. The van der Waals surface area contributed by atoms with Crippen molar-refractivity contribution in [2.24, 2.45) is 0 Å². The first-order valence-electron chi connectivity index (χ1n) is 7.58. The summed E-state index contributed by atoms with van der Waals surface area (Å²) in [6.07, 6.45) is 4.49. The molecule has 0 radical (unpaired) electrons. The van der Waals surface area contributed by atoms with E-state index in [-0.39, 0.29) is 59.9 Å². The average molecular weight is 402 g/mol. The molecule has 2 heterocycles. The Morgan fingerprint density at radius 3 is 2.32 bits per heavy atom. The molecule has 2 aliphatic rings. The van der Waals surface area contributed by atoms with Crippen molar-refractivity contribution in [3.05, 3.63) is 23.8 Å². The van der Waals surface area contributed by atoms with Gasteiger partial charge in [0.15, 0.2) is 17.5 Å². The number of nitrogens with one attached hydrogen (secondary N) is 1. The molecule has 0 aromatic heterocycles. The lowest BCUT2D eigenvalue weighted by Crippen LogP contribution is -3.15. The molecule has 3 rings (SSSR count). The molecule has 1 atom stereocenters. The molecule has 1 fully saturated rings. The Balaban J connectivity index is -0.000000968. The summed E-state index contributed by atoms with van der Waals surface area (Å²) < 4.78 is 10.7. The predicted molar refractivity (Wildman–Crippen MR) is 87.6 cm³/mol. The van der Waals surface area contributed by atoms with Gasteiger partial charge in [-0.15, -0.1) is 0 Å². The average Bonchev–Trinajstić information content (AvgIpc) is 3.13. The lowest BCUT2D eigenvalue weighted by atomic mass is 9.99. The zero-order valence-electron chi connectivity index (χ0n) is 14.3. The van der Waals surface area contributed by atoms with Gasteiger partial charge >= 0.3 is 0 Å². The second-order valence-corrected chi connectivity index (χ2v) is 5.64. The van der Waals surface area contributed by atoms with Crippen molar-refractivity contribution >= 4 is 5.78 Å². The fourth-order valence-corrected chi connectivity index (χ4v) is 3.24. The smallest absolute Gasteiger partial charge is 0.231 e. The Labute approximate surface area is 160 Å². The van der Waals surface area contributed by atoms with Crippen LogP contribution in [-0.4, -0.2) is 42.7 Å². The molecule has 0 spiro atoms. The highest BCUT2D eigenvalue weighted by atomic mass is 35.5. The van der Waals surface area contributed by atoms with E-state index in [1.165, 1.54) is 17.7 Å². The lowest BCUT2D eigenvalue weighted by molar-refractivity contribution is -0.903. The number of hydrogen-bond donors (Lipinski definition) is 1. The van der Waals surface area contributed by atoms with E-state index in [0.29, 0.717) is 5.75 Å². The quantitative estimate of drug-likeness (QED) is 0.387. The van der Waals surface area contributed by atoms with E-state index >= 15 is 0 Å². The minimum atomic E-state index is 0. The van der Waals surface area contributed by atoms with Crippen LogP contribution in [0.5, 0.6) is 11.5 Å². The summed E-state index contributed by atoms with van der Waals surface area (Å²) in [7, 11) is 0. The largest absolute Gasteiger partial charge is 1.00 e. The minimum absolute atomic E-state index is 0. The van der Waals surface area contributed by atoms with Gasteiger partial charge in [-0.1, -0.05) is 13.3 Å². The van der Waals surface area contributed by atoms with Crippen LogP contribution in [-0.2, 0) is 5.48 Å². The lowest BCUT2D eigenvalue weighted by Gasteiger charge is -2.23. The van der Waals surface area contributed by atoms with Crippen molar-refractivity contribution in [1.82, 2.24) is 0 Å². The fraction of sp³-hybridized carbons (Fsp3) is 0.562. The van der Waals surface area contributed by atoms with Crippen molar-refractivity contribution in [2.75, 3.05) is 19.9 Å². The van der Waals surface area contributed by atoms with Gasteiger partial charge in [0.2, 0.25) is 12.6 Å². The molecule has 8 N–H and O–H groups in total. The third-order valence-corrected chi connectivity index (χ3v) is 4.29. The van der Waals surface area contributed by atoms with E-state index in [2.05, 4.69) is 6.92 Å². The van der Waals surface area contributed by atoms with Crippen LogP contribution in [0.2, 0.25) is 0 Å². The van der Waals surface area contributed by atoms with E-state index < -0.39 is 0 Å². The van der Waals surface area contributed by atoms with Crippen LogP contribution in [0.25, 0.3) is 0 Å². The molecule has 148 valence electrons. The number of carbonyl (C=O) groups is 1. The van der Waals surface area contributed by atoms with E-state index in [9.17, 15) is 4.79 Å². The van der Waals surface area contributed by atoms with Gasteiger partial charge in [-0.2, -0.15) is 0 Å². The monoisotopic (exact) mass is 401 g/mol. The first-order valence-corrected chi connectivity index (χ1v) is 7.58. The second-order valence-electron chi connectivity index (χ2n) is 5.64. The van der Waals surface area contributed by atoms with Crippen molar-refractivity contribution in [1.29, 1.82) is 0 Å². The Bertz CT molecular complexity index is 511. The fourth-order valence-electron chi connectivity index (χ4n) is 3.24. The van der Waals surface area contributed by atoms with Gasteiger partial charge in [0.25, 0.3) is 0 Å². The summed E-state index contributed by atoms with van der Waals surface area (Å²) in [5.41, 5.74) is 0.757. The Hall–Kier alpha value is -1.09. The van der Waals surface area contributed by atoms with Crippen LogP contribution < -0.4 is 39.2 Å². The van der Waals surface area contributed by atoms with Crippen LogP contribution in [0.3, 0.4) is 0 Å². The van der Waals surface area contributed by atoms with Crippen molar-refractivity contribution in [3.8, 4) is 11.5 Å². The molecule has 1 saturated heterocycles. The maximum Gasteiger partial charge on any atom is 0.231 e. The van der Waals surface area contributed by atoms with Crippen LogP contribution in [0, 0.1) is 0 Å². The van der Waals surface area contributed by atoms with E-state index in [4.69, 9.17) is 9.47 Å². The van der Waals surface area contributed by atoms with Gasteiger partial charge < -0.3 is 55.6 Å². The number of fused-ring (bicyclic) bond motifs is 1. The standard InChI is InChI=1S/C16H21NO3.2ClH.3H2O/c1-2-5-13(17-8-3-4-9-17)16(18)12-6-7-14-15(10-12)20-11-19-14;;;;;/h6-7,10,13H,2-5,8-9,11H2,1H3;2*1H;3*1H2/t13-;;;;;/m0...../s1. The maximum atomic E-state index is 12.8. The highest BCUT2D eigenvalue weighted by molar-refractivity contribution is 5.99. The summed E-state index contributed by atoms with van der Waals surface area (Å²) in [6, 6.07) is 5.65. The third-order valence-electron chi connectivity index (χ3n) is 4.29. The van der Waals surface area contributed by atoms with Crippen LogP contribution in [0.1, 0.15) is 43.0 Å². The predicted octanol–water partition coefficient (Wildman–Crippen LogP) is -7.12. The Morgan fingerprint density at radius 2 is 1.72 bits per heavy atom. The molecule has 1 aromatic carbocycles. The topological polar surface area (TPSA) is 136 Å². The molecule has 0 unspecified atom stereocenters. The number of ether oxygens (including phenoxy) is 2. The molecule has 7 nitrogen and oxygen atoms in total. The van der Waals surface area contributed by atoms with E-state index in [0.717, 1.165) is 37.2 Å². The van der Waals surface area contributed by atoms with Gasteiger partial charge in [-0.05, 0) is 18.2 Å². The summed E-state index contributed by atoms with van der Waals surface area (Å²) in [5.74, 6) is 1.69. The van der Waals surface area contributed by atoms with Crippen LogP contribution in [0.4, 0.5) is 0 Å².